The van der Waals surface area contributed by atoms with Gasteiger partial charge in [0.2, 0.25) is 5.91 Å². The van der Waals surface area contributed by atoms with E-state index < -0.39 is 0 Å². The summed E-state index contributed by atoms with van der Waals surface area (Å²) in [7, 11) is 0. The first-order valence-electron chi connectivity index (χ1n) is 8.38. The van der Waals surface area contributed by atoms with E-state index in [9.17, 15) is 4.79 Å². The Morgan fingerprint density at radius 2 is 2.36 bits per heavy atom. The minimum atomic E-state index is 0.177. The van der Waals surface area contributed by atoms with Gasteiger partial charge in [0.15, 0.2) is 0 Å². The molecule has 22 heavy (non-hydrogen) atoms. The number of aromatic nitrogens is 1. The van der Waals surface area contributed by atoms with Gasteiger partial charge in [-0.25, -0.2) is 4.98 Å². The quantitative estimate of drug-likeness (QED) is 0.643. The summed E-state index contributed by atoms with van der Waals surface area (Å²) in [6, 6.07) is 5.80. The van der Waals surface area contributed by atoms with Crippen molar-refractivity contribution in [3.05, 3.63) is 24.4 Å². The summed E-state index contributed by atoms with van der Waals surface area (Å²) in [6.07, 6.45) is 5.79. The molecule has 0 bridgehead atoms. The zero-order valence-electron chi connectivity index (χ0n) is 13.5. The first-order chi connectivity index (χ1) is 10.8. The van der Waals surface area contributed by atoms with E-state index in [0.717, 1.165) is 31.9 Å². The van der Waals surface area contributed by atoms with Crippen molar-refractivity contribution in [2.24, 2.45) is 11.8 Å². The van der Waals surface area contributed by atoms with Gasteiger partial charge in [-0.3, -0.25) is 4.79 Å². The fourth-order valence-electron chi connectivity index (χ4n) is 2.90. The van der Waals surface area contributed by atoms with Crippen molar-refractivity contribution in [3.63, 3.8) is 0 Å². The van der Waals surface area contributed by atoms with E-state index in [1.807, 2.05) is 18.2 Å². The molecule has 1 amide bonds. The molecule has 2 heterocycles. The minimum Gasteiger partial charge on any atom is -0.370 e. The van der Waals surface area contributed by atoms with E-state index in [1.165, 1.54) is 12.8 Å². The summed E-state index contributed by atoms with van der Waals surface area (Å²) in [6.45, 7) is 5.91. The number of hydrogen-bond donors (Lipinski definition) is 3. The molecule has 5 nitrogen and oxygen atoms in total. The van der Waals surface area contributed by atoms with Gasteiger partial charge in [-0.05, 0) is 56.3 Å². The Labute approximate surface area is 133 Å². The second-order valence-electron chi connectivity index (χ2n) is 6.13. The molecular formula is C17H28N4O. The van der Waals surface area contributed by atoms with Crippen LogP contribution >= 0.6 is 0 Å². The van der Waals surface area contributed by atoms with Crippen LogP contribution in [0.4, 0.5) is 5.82 Å². The van der Waals surface area contributed by atoms with Crippen LogP contribution in [-0.2, 0) is 4.79 Å². The summed E-state index contributed by atoms with van der Waals surface area (Å²) in [4.78, 5) is 16.2. The number of nitrogens with one attached hydrogen (secondary N) is 3. The molecule has 3 N–H and O–H groups in total. The lowest BCUT2D eigenvalue weighted by Crippen LogP contribution is -2.35. The Bertz CT molecular complexity index is 432. The Morgan fingerprint density at radius 1 is 1.45 bits per heavy atom. The fourth-order valence-corrected chi connectivity index (χ4v) is 2.90. The molecule has 2 unspecified atom stereocenters. The number of carbonyl (C=O) groups is 1. The Balaban J connectivity index is 1.53. The maximum absolute atomic E-state index is 12.0. The molecule has 0 saturated carbocycles. The number of nitrogens with zero attached hydrogens (tertiary/aromatic N) is 1. The standard InChI is InChI=1S/C17H28N4O/c1-14(15-6-4-8-18-13-15)12-17(22)21-11-5-10-20-16-7-2-3-9-19-16/h2-3,7,9,14-15,18H,4-6,8,10-13H2,1H3,(H,19,20)(H,21,22). The Kier molecular flexibility index (Phi) is 7.16. The van der Waals surface area contributed by atoms with E-state index in [-0.39, 0.29) is 5.91 Å². The van der Waals surface area contributed by atoms with E-state index in [1.54, 1.807) is 6.20 Å². The van der Waals surface area contributed by atoms with Crippen molar-refractivity contribution in [3.8, 4) is 0 Å². The van der Waals surface area contributed by atoms with Crippen LogP contribution in [0.1, 0.15) is 32.6 Å². The van der Waals surface area contributed by atoms with Gasteiger partial charge in [0.05, 0.1) is 0 Å². The van der Waals surface area contributed by atoms with Crippen molar-refractivity contribution in [2.75, 3.05) is 31.5 Å². The van der Waals surface area contributed by atoms with Crippen LogP contribution in [0.3, 0.4) is 0 Å². The predicted molar refractivity (Wildman–Crippen MR) is 89.7 cm³/mol. The summed E-state index contributed by atoms with van der Waals surface area (Å²) in [5.41, 5.74) is 0. The highest BCUT2D eigenvalue weighted by molar-refractivity contribution is 5.76. The number of pyridine rings is 1. The molecule has 2 atom stereocenters. The molecule has 1 fully saturated rings. The van der Waals surface area contributed by atoms with Crippen molar-refractivity contribution in [1.29, 1.82) is 0 Å². The van der Waals surface area contributed by atoms with Crippen LogP contribution in [0.25, 0.3) is 0 Å². The highest BCUT2D eigenvalue weighted by Gasteiger charge is 2.21. The molecule has 0 aromatic carbocycles. The zero-order chi connectivity index (χ0) is 15.6. The number of carbonyl (C=O) groups excluding carboxylic acids is 1. The molecule has 122 valence electrons. The summed E-state index contributed by atoms with van der Waals surface area (Å²) in [5, 5.41) is 9.68. The molecule has 0 aliphatic carbocycles. The van der Waals surface area contributed by atoms with Crippen LogP contribution in [0.5, 0.6) is 0 Å². The van der Waals surface area contributed by atoms with Gasteiger partial charge in [-0.1, -0.05) is 13.0 Å². The van der Waals surface area contributed by atoms with Crippen molar-refractivity contribution in [2.45, 2.75) is 32.6 Å². The molecule has 1 aliphatic rings. The smallest absolute Gasteiger partial charge is 0.220 e. The van der Waals surface area contributed by atoms with Crippen LogP contribution in [0.15, 0.2) is 24.4 Å². The second kappa shape index (κ2) is 9.41. The first kappa shape index (κ1) is 16.7. The molecular weight excluding hydrogens is 276 g/mol. The number of anilines is 1. The maximum Gasteiger partial charge on any atom is 0.220 e. The van der Waals surface area contributed by atoms with Crippen LogP contribution in [0, 0.1) is 11.8 Å². The molecule has 1 saturated heterocycles. The Hall–Kier alpha value is -1.62. The second-order valence-corrected chi connectivity index (χ2v) is 6.13. The highest BCUT2D eigenvalue weighted by atomic mass is 16.1. The van der Waals surface area contributed by atoms with Gasteiger partial charge in [-0.15, -0.1) is 0 Å². The van der Waals surface area contributed by atoms with Crippen LogP contribution in [-0.4, -0.2) is 37.1 Å². The van der Waals surface area contributed by atoms with Gasteiger partial charge in [-0.2, -0.15) is 0 Å². The minimum absolute atomic E-state index is 0.177. The summed E-state index contributed by atoms with van der Waals surface area (Å²) >= 11 is 0. The average molecular weight is 304 g/mol. The van der Waals surface area contributed by atoms with E-state index >= 15 is 0 Å². The molecule has 1 aromatic rings. The largest absolute Gasteiger partial charge is 0.370 e. The fraction of sp³-hybridized carbons (Fsp3) is 0.647. The molecule has 0 radical (unpaired) electrons. The van der Waals surface area contributed by atoms with Crippen molar-refractivity contribution >= 4 is 11.7 Å². The highest BCUT2D eigenvalue weighted by Crippen LogP contribution is 2.22. The van der Waals surface area contributed by atoms with E-state index in [0.29, 0.717) is 24.8 Å². The van der Waals surface area contributed by atoms with E-state index in [4.69, 9.17) is 0 Å². The van der Waals surface area contributed by atoms with Gasteiger partial charge < -0.3 is 16.0 Å². The number of amides is 1. The molecule has 2 rings (SSSR count). The number of hydrogen-bond acceptors (Lipinski definition) is 4. The van der Waals surface area contributed by atoms with E-state index in [2.05, 4.69) is 27.9 Å². The van der Waals surface area contributed by atoms with Gasteiger partial charge >= 0.3 is 0 Å². The predicted octanol–water partition coefficient (Wildman–Crippen LogP) is 2.03. The monoisotopic (exact) mass is 304 g/mol. The summed E-state index contributed by atoms with van der Waals surface area (Å²) in [5.74, 6) is 2.16. The summed E-state index contributed by atoms with van der Waals surface area (Å²) < 4.78 is 0. The molecule has 5 heteroatoms. The van der Waals surface area contributed by atoms with Crippen LogP contribution in [0.2, 0.25) is 0 Å². The van der Waals surface area contributed by atoms with Crippen molar-refractivity contribution in [1.82, 2.24) is 15.6 Å². The lowest BCUT2D eigenvalue weighted by Gasteiger charge is -2.28. The molecule has 1 aliphatic heterocycles. The normalized spacial score (nSPS) is 19.4. The lowest BCUT2D eigenvalue weighted by molar-refractivity contribution is -0.122. The lowest BCUT2D eigenvalue weighted by atomic mass is 9.85. The van der Waals surface area contributed by atoms with Gasteiger partial charge in [0.25, 0.3) is 0 Å². The topological polar surface area (TPSA) is 66.0 Å². The third-order valence-corrected chi connectivity index (χ3v) is 4.29. The zero-order valence-corrected chi connectivity index (χ0v) is 13.5. The Morgan fingerprint density at radius 3 is 3.09 bits per heavy atom. The van der Waals surface area contributed by atoms with Crippen LogP contribution < -0.4 is 16.0 Å². The molecule has 1 aromatic heterocycles. The van der Waals surface area contributed by atoms with Crippen molar-refractivity contribution < 1.29 is 4.79 Å². The first-order valence-corrected chi connectivity index (χ1v) is 8.38. The molecule has 0 spiro atoms. The number of piperidine rings is 1. The van der Waals surface area contributed by atoms with Gasteiger partial charge in [0.1, 0.15) is 5.82 Å². The maximum atomic E-state index is 12.0. The number of rotatable bonds is 8. The SMILES string of the molecule is CC(CC(=O)NCCCNc1ccccn1)C1CCCNC1. The average Bonchev–Trinajstić information content (AvgIpc) is 2.56. The third kappa shape index (κ3) is 6.02. The third-order valence-electron chi connectivity index (χ3n) is 4.29. The van der Waals surface area contributed by atoms with Gasteiger partial charge in [0, 0.05) is 25.7 Å².